The van der Waals surface area contributed by atoms with Gasteiger partial charge >= 0.3 is 0 Å². The Morgan fingerprint density at radius 3 is 2.12 bits per heavy atom. The molecule has 4 nitrogen and oxygen atoms in total. The minimum atomic E-state index is -2.25. The van der Waals surface area contributed by atoms with Crippen LogP contribution >= 0.6 is 12.2 Å². The van der Waals surface area contributed by atoms with Gasteiger partial charge in [-0.3, -0.25) is 0 Å². The van der Waals surface area contributed by atoms with Gasteiger partial charge in [-0.1, -0.05) is 17.3 Å². The third-order valence-corrected chi connectivity index (χ3v) is 3.26. The van der Waals surface area contributed by atoms with Crippen molar-refractivity contribution in [1.82, 2.24) is 5.16 Å². The molecular weight excluding hydrogens is 353 g/mol. The van der Waals surface area contributed by atoms with Crippen molar-refractivity contribution in [1.29, 1.82) is 0 Å². The Morgan fingerprint density at radius 1 is 0.875 bits per heavy atom. The highest BCUT2D eigenvalue weighted by molar-refractivity contribution is 7.80. The van der Waals surface area contributed by atoms with E-state index in [9.17, 15) is 22.0 Å². The van der Waals surface area contributed by atoms with E-state index < -0.39 is 39.9 Å². The van der Waals surface area contributed by atoms with Gasteiger partial charge in [-0.25, -0.2) is 22.0 Å². The topological polar surface area (TPSA) is 50.1 Å². The molecule has 24 heavy (non-hydrogen) atoms. The second-order valence-corrected chi connectivity index (χ2v) is 4.96. The highest BCUT2D eigenvalue weighted by Gasteiger charge is 2.26. The minimum absolute atomic E-state index is 0.118. The van der Waals surface area contributed by atoms with Gasteiger partial charge in [0.05, 0.1) is 5.39 Å². The predicted molar refractivity (Wildman–Crippen MR) is 80.1 cm³/mol. The van der Waals surface area contributed by atoms with E-state index in [1.54, 1.807) is 24.3 Å². The number of fused-ring (bicyclic) bond motifs is 1. The molecule has 0 atom stereocenters. The smallest absolute Gasteiger partial charge is 0.200 e. The second kappa shape index (κ2) is 6.04. The van der Waals surface area contributed by atoms with Gasteiger partial charge in [0.15, 0.2) is 39.8 Å². The van der Waals surface area contributed by atoms with Crippen LogP contribution in [-0.4, -0.2) is 10.3 Å². The van der Waals surface area contributed by atoms with Gasteiger partial charge in [-0.2, -0.15) is 0 Å². The van der Waals surface area contributed by atoms with Crippen LogP contribution in [0.3, 0.4) is 0 Å². The van der Waals surface area contributed by atoms with Crippen molar-refractivity contribution in [3.63, 3.8) is 0 Å². The minimum Gasteiger partial charge on any atom is -0.354 e. The molecule has 1 heterocycles. The summed E-state index contributed by atoms with van der Waals surface area (Å²) in [6.07, 6.45) is 0. The number of benzene rings is 2. The second-order valence-electron chi connectivity index (χ2n) is 4.55. The first-order valence-corrected chi connectivity index (χ1v) is 6.74. The maximum atomic E-state index is 13.6. The number of nitrogens with zero attached hydrogens (tertiary/aromatic N) is 1. The van der Waals surface area contributed by atoms with E-state index in [1.165, 1.54) is 0 Å². The largest absolute Gasteiger partial charge is 0.354 e. The Labute approximate surface area is 136 Å². The molecule has 0 saturated carbocycles. The first-order chi connectivity index (χ1) is 11.4. The van der Waals surface area contributed by atoms with E-state index in [2.05, 4.69) is 10.5 Å². The quantitative estimate of drug-likeness (QED) is 0.309. The molecule has 0 aliphatic carbocycles. The van der Waals surface area contributed by atoms with E-state index in [0.29, 0.717) is 11.0 Å². The molecule has 0 spiro atoms. The Bertz CT molecular complexity index is 930. The zero-order chi connectivity index (χ0) is 17.4. The fraction of sp³-hybridized carbons (Fsp3) is 0. The summed E-state index contributed by atoms with van der Waals surface area (Å²) in [5.74, 6) is -10.3. The van der Waals surface area contributed by atoms with E-state index in [-0.39, 0.29) is 5.82 Å². The summed E-state index contributed by atoms with van der Waals surface area (Å²) < 4.78 is 71.4. The van der Waals surface area contributed by atoms with Crippen LogP contribution in [0.5, 0.6) is 0 Å². The lowest BCUT2D eigenvalue weighted by atomic mass is 10.2. The number of hydrogen-bond donors (Lipinski definition) is 2. The zero-order valence-corrected chi connectivity index (χ0v) is 12.3. The third-order valence-electron chi connectivity index (χ3n) is 3.06. The van der Waals surface area contributed by atoms with Crippen molar-refractivity contribution < 1.29 is 26.5 Å². The summed E-state index contributed by atoms with van der Waals surface area (Å²) in [6, 6.07) is 6.64. The highest BCUT2D eigenvalue weighted by Crippen LogP contribution is 2.28. The molecule has 0 amide bonds. The molecule has 0 aliphatic rings. The maximum absolute atomic E-state index is 13.6. The molecule has 0 aliphatic heterocycles. The van der Waals surface area contributed by atoms with Crippen molar-refractivity contribution in [2.24, 2.45) is 0 Å². The van der Waals surface area contributed by atoms with Gasteiger partial charge < -0.3 is 15.2 Å². The Hall–Kier alpha value is -2.75. The van der Waals surface area contributed by atoms with Crippen molar-refractivity contribution in [3.8, 4) is 0 Å². The Balaban J connectivity index is 1.88. The van der Waals surface area contributed by atoms with Crippen LogP contribution in [0.4, 0.5) is 33.5 Å². The lowest BCUT2D eigenvalue weighted by Gasteiger charge is -2.11. The Kier molecular flexibility index (Phi) is 4.06. The zero-order valence-electron chi connectivity index (χ0n) is 11.5. The van der Waals surface area contributed by atoms with Gasteiger partial charge in [-0.05, 0) is 24.4 Å². The van der Waals surface area contributed by atoms with Crippen LogP contribution in [0.25, 0.3) is 11.0 Å². The molecule has 2 aromatic carbocycles. The SMILES string of the molecule is Fc1c(F)c(F)c(NC(=S)Nc2noc3ccccc23)c(F)c1F. The van der Waals surface area contributed by atoms with Gasteiger partial charge in [-0.15, -0.1) is 0 Å². The standard InChI is InChI=1S/C14H6F5N3OS/c15-7-8(16)10(18)12(11(19)9(7)17)20-14(24)21-13-5-3-1-2-4-6(5)23-22-13/h1-4H,(H2,20,21,22,24). The van der Waals surface area contributed by atoms with Crippen molar-refractivity contribution in [2.75, 3.05) is 10.6 Å². The van der Waals surface area contributed by atoms with Gasteiger partial charge in [0.2, 0.25) is 5.82 Å². The van der Waals surface area contributed by atoms with Crippen LogP contribution < -0.4 is 10.6 Å². The monoisotopic (exact) mass is 359 g/mol. The maximum Gasteiger partial charge on any atom is 0.200 e. The fourth-order valence-electron chi connectivity index (χ4n) is 1.94. The van der Waals surface area contributed by atoms with Crippen LogP contribution in [0.15, 0.2) is 28.8 Å². The van der Waals surface area contributed by atoms with Crippen LogP contribution in [-0.2, 0) is 0 Å². The molecule has 3 rings (SSSR count). The first kappa shape index (κ1) is 16.1. The number of para-hydroxylation sites is 1. The summed E-state index contributed by atoms with van der Waals surface area (Å²) in [5, 5.41) is 8.14. The molecule has 2 N–H and O–H groups in total. The van der Waals surface area contributed by atoms with Crippen LogP contribution in [0.1, 0.15) is 0 Å². The van der Waals surface area contributed by atoms with E-state index in [0.717, 1.165) is 0 Å². The van der Waals surface area contributed by atoms with E-state index in [4.69, 9.17) is 16.7 Å². The average Bonchev–Trinajstić information content (AvgIpc) is 2.98. The van der Waals surface area contributed by atoms with E-state index >= 15 is 0 Å². The van der Waals surface area contributed by atoms with E-state index in [1.807, 2.05) is 5.32 Å². The molecule has 0 radical (unpaired) electrons. The normalized spacial score (nSPS) is 10.9. The number of aromatic nitrogens is 1. The number of thiocarbonyl (C=S) groups is 1. The molecule has 3 aromatic rings. The first-order valence-electron chi connectivity index (χ1n) is 6.34. The van der Waals surface area contributed by atoms with Crippen molar-refractivity contribution in [2.45, 2.75) is 0 Å². The lowest BCUT2D eigenvalue weighted by molar-refractivity contribution is 0.382. The Morgan fingerprint density at radius 2 is 1.46 bits per heavy atom. The number of anilines is 2. The predicted octanol–water partition coefficient (Wildman–Crippen LogP) is 4.33. The third kappa shape index (κ3) is 2.64. The molecular formula is C14H6F5N3OS. The summed E-state index contributed by atoms with van der Waals surface area (Å²) in [6.45, 7) is 0. The summed E-state index contributed by atoms with van der Waals surface area (Å²) >= 11 is 4.81. The van der Waals surface area contributed by atoms with Gasteiger partial charge in [0, 0.05) is 0 Å². The number of halogens is 5. The number of rotatable bonds is 2. The van der Waals surface area contributed by atoms with Crippen LogP contribution in [0, 0.1) is 29.1 Å². The van der Waals surface area contributed by atoms with Gasteiger partial charge in [0.1, 0.15) is 5.69 Å². The lowest BCUT2D eigenvalue weighted by Crippen LogP contribution is -2.22. The van der Waals surface area contributed by atoms with Crippen molar-refractivity contribution >= 4 is 39.8 Å². The molecule has 0 unspecified atom stereocenters. The summed E-state index contributed by atoms with van der Waals surface area (Å²) in [4.78, 5) is 0. The number of hydrogen-bond acceptors (Lipinski definition) is 3. The summed E-state index contributed by atoms with van der Waals surface area (Å²) in [7, 11) is 0. The molecule has 10 heteroatoms. The number of nitrogens with one attached hydrogen (secondary N) is 2. The average molecular weight is 359 g/mol. The van der Waals surface area contributed by atoms with Crippen molar-refractivity contribution in [3.05, 3.63) is 53.4 Å². The highest BCUT2D eigenvalue weighted by atomic mass is 32.1. The molecule has 0 fully saturated rings. The van der Waals surface area contributed by atoms with Crippen LogP contribution in [0.2, 0.25) is 0 Å². The molecule has 0 bridgehead atoms. The fourth-order valence-corrected chi connectivity index (χ4v) is 2.14. The van der Waals surface area contributed by atoms with Gasteiger partial charge in [0.25, 0.3) is 0 Å². The summed E-state index contributed by atoms with van der Waals surface area (Å²) in [5.41, 5.74) is -0.851. The molecule has 1 aromatic heterocycles. The molecule has 124 valence electrons. The molecule has 0 saturated heterocycles.